The highest BCUT2D eigenvalue weighted by Gasteiger charge is 2.24. The minimum atomic E-state index is -3.74. The number of aliphatic hydroxyl groups is 1. The lowest BCUT2D eigenvalue weighted by Gasteiger charge is -2.17. The van der Waals surface area contributed by atoms with Crippen LogP contribution in [-0.2, 0) is 16.6 Å². The zero-order chi connectivity index (χ0) is 14.0. The van der Waals surface area contributed by atoms with E-state index in [9.17, 15) is 8.42 Å². The number of benzene rings is 1. The predicted molar refractivity (Wildman–Crippen MR) is 71.4 cm³/mol. The summed E-state index contributed by atoms with van der Waals surface area (Å²) in [6, 6.07) is 9.90. The Morgan fingerprint density at radius 1 is 1.16 bits per heavy atom. The summed E-state index contributed by atoms with van der Waals surface area (Å²) in [5.74, 6) is 0.218. The first kappa shape index (κ1) is 13.6. The van der Waals surface area contributed by atoms with Crippen molar-refractivity contribution in [2.45, 2.75) is 18.6 Å². The Kier molecular flexibility index (Phi) is 3.64. The summed E-state index contributed by atoms with van der Waals surface area (Å²) in [6.07, 6.45) is 0. The molecule has 0 radical (unpaired) electrons. The number of aliphatic hydroxyl groups excluding tert-OH is 1. The van der Waals surface area contributed by atoms with Gasteiger partial charge in [-0.15, -0.1) is 0 Å². The van der Waals surface area contributed by atoms with Crippen LogP contribution in [0.3, 0.4) is 0 Å². The van der Waals surface area contributed by atoms with Crippen molar-refractivity contribution in [1.82, 2.24) is 0 Å². The van der Waals surface area contributed by atoms with Crippen LogP contribution < -0.4 is 4.31 Å². The van der Waals surface area contributed by atoms with Crippen LogP contribution in [0.4, 0.5) is 5.69 Å². The highest BCUT2D eigenvalue weighted by atomic mass is 32.2. The van der Waals surface area contributed by atoms with Gasteiger partial charge >= 0.3 is 0 Å². The van der Waals surface area contributed by atoms with Gasteiger partial charge in [-0.3, -0.25) is 4.31 Å². The molecule has 5 nitrogen and oxygen atoms in total. The maximum Gasteiger partial charge on any atom is 0.297 e. The average Bonchev–Trinajstić information content (AvgIpc) is 2.88. The molecule has 0 bridgehead atoms. The van der Waals surface area contributed by atoms with Crippen molar-refractivity contribution in [2.75, 3.05) is 11.4 Å². The molecule has 0 unspecified atom stereocenters. The van der Waals surface area contributed by atoms with Crippen LogP contribution in [0.2, 0.25) is 0 Å². The molecule has 2 rings (SSSR count). The van der Waals surface area contributed by atoms with E-state index in [1.165, 1.54) is 19.2 Å². The third-order valence-electron chi connectivity index (χ3n) is 2.81. The van der Waals surface area contributed by atoms with Gasteiger partial charge in [0, 0.05) is 7.05 Å². The van der Waals surface area contributed by atoms with Crippen molar-refractivity contribution in [2.24, 2.45) is 0 Å². The van der Waals surface area contributed by atoms with Gasteiger partial charge in [0.2, 0.25) is 5.09 Å². The van der Waals surface area contributed by atoms with Crippen molar-refractivity contribution >= 4 is 15.7 Å². The van der Waals surface area contributed by atoms with Gasteiger partial charge in [-0.1, -0.05) is 17.7 Å². The molecule has 0 fully saturated rings. The van der Waals surface area contributed by atoms with Crippen molar-refractivity contribution in [1.29, 1.82) is 0 Å². The number of aryl methyl sites for hydroxylation is 1. The molecule has 0 amide bonds. The smallest absolute Gasteiger partial charge is 0.297 e. The molecular formula is C13H15NO4S. The molecule has 2 aromatic rings. The summed E-state index contributed by atoms with van der Waals surface area (Å²) in [5, 5.41) is 8.72. The Morgan fingerprint density at radius 3 is 2.32 bits per heavy atom. The van der Waals surface area contributed by atoms with E-state index in [0.29, 0.717) is 5.69 Å². The van der Waals surface area contributed by atoms with Crippen LogP contribution in [0.15, 0.2) is 45.9 Å². The number of hydrogen-bond donors (Lipinski definition) is 1. The fraction of sp³-hybridized carbons (Fsp3) is 0.231. The molecule has 1 aromatic heterocycles. The van der Waals surface area contributed by atoms with Crippen LogP contribution in [0, 0.1) is 6.92 Å². The molecule has 0 aliphatic heterocycles. The van der Waals surface area contributed by atoms with Crippen LogP contribution >= 0.6 is 0 Å². The van der Waals surface area contributed by atoms with Gasteiger partial charge in [-0.05, 0) is 31.2 Å². The molecule has 19 heavy (non-hydrogen) atoms. The number of furan rings is 1. The highest BCUT2D eigenvalue weighted by molar-refractivity contribution is 7.92. The third-order valence-corrected chi connectivity index (χ3v) is 4.46. The van der Waals surface area contributed by atoms with Crippen molar-refractivity contribution < 1.29 is 17.9 Å². The normalized spacial score (nSPS) is 11.5. The largest absolute Gasteiger partial charge is 0.445 e. The maximum atomic E-state index is 12.3. The number of nitrogens with zero attached hydrogens (tertiary/aromatic N) is 1. The van der Waals surface area contributed by atoms with Crippen molar-refractivity contribution in [3.05, 3.63) is 47.7 Å². The fourth-order valence-electron chi connectivity index (χ4n) is 1.61. The van der Waals surface area contributed by atoms with E-state index in [4.69, 9.17) is 9.52 Å². The Labute approximate surface area is 112 Å². The van der Waals surface area contributed by atoms with Crippen LogP contribution in [0.5, 0.6) is 0 Å². The van der Waals surface area contributed by atoms with Crippen molar-refractivity contribution in [3.8, 4) is 0 Å². The lowest BCUT2D eigenvalue weighted by Crippen LogP contribution is -2.26. The Hall–Kier alpha value is -1.79. The van der Waals surface area contributed by atoms with Gasteiger partial charge < -0.3 is 9.52 Å². The number of sulfonamides is 1. The fourth-order valence-corrected chi connectivity index (χ4v) is 2.73. The van der Waals surface area contributed by atoms with Crippen molar-refractivity contribution in [3.63, 3.8) is 0 Å². The summed E-state index contributed by atoms with van der Waals surface area (Å²) in [4.78, 5) is 0. The average molecular weight is 281 g/mol. The molecule has 0 atom stereocenters. The maximum absolute atomic E-state index is 12.3. The standard InChI is InChI=1S/C13H15NO4S/c1-10-3-5-11(6-4-10)14(2)19(16,17)13-8-7-12(9-15)18-13/h3-8,15H,9H2,1-2H3. The van der Waals surface area contributed by atoms with Gasteiger partial charge in [-0.2, -0.15) is 8.42 Å². The van der Waals surface area contributed by atoms with Crippen LogP contribution in [-0.4, -0.2) is 20.6 Å². The number of anilines is 1. The molecule has 6 heteroatoms. The van der Waals surface area contributed by atoms with Gasteiger partial charge in [0.05, 0.1) is 5.69 Å². The first-order chi connectivity index (χ1) is 8.95. The topological polar surface area (TPSA) is 70.8 Å². The molecule has 0 saturated heterocycles. The highest BCUT2D eigenvalue weighted by Crippen LogP contribution is 2.23. The summed E-state index contributed by atoms with van der Waals surface area (Å²) >= 11 is 0. The first-order valence-electron chi connectivity index (χ1n) is 5.70. The van der Waals surface area contributed by atoms with Gasteiger partial charge in [0.15, 0.2) is 0 Å². The minimum absolute atomic E-state index is 0.181. The molecule has 1 N–H and O–H groups in total. The SMILES string of the molecule is Cc1ccc(N(C)S(=O)(=O)c2ccc(CO)o2)cc1. The molecule has 0 spiro atoms. The molecule has 102 valence electrons. The Balaban J connectivity index is 2.36. The quantitative estimate of drug-likeness (QED) is 0.929. The van der Waals surface area contributed by atoms with E-state index in [1.807, 2.05) is 19.1 Å². The van der Waals surface area contributed by atoms with Crippen LogP contribution in [0.25, 0.3) is 0 Å². The molecule has 0 saturated carbocycles. The number of rotatable bonds is 4. The molecule has 1 aromatic carbocycles. The molecular weight excluding hydrogens is 266 g/mol. The minimum Gasteiger partial charge on any atom is -0.445 e. The van der Waals surface area contributed by atoms with E-state index in [0.717, 1.165) is 9.87 Å². The van der Waals surface area contributed by atoms with E-state index in [2.05, 4.69) is 0 Å². The zero-order valence-electron chi connectivity index (χ0n) is 10.7. The van der Waals surface area contributed by atoms with Gasteiger partial charge in [-0.25, -0.2) is 0 Å². The second kappa shape index (κ2) is 5.07. The molecule has 0 aliphatic rings. The summed E-state index contributed by atoms with van der Waals surface area (Å²) < 4.78 is 30.8. The van der Waals surface area contributed by atoms with Gasteiger partial charge in [0.1, 0.15) is 12.4 Å². The molecule has 1 heterocycles. The zero-order valence-corrected chi connectivity index (χ0v) is 11.5. The summed E-state index contributed by atoms with van der Waals surface area (Å²) in [6.45, 7) is 1.60. The van der Waals surface area contributed by atoms with Crippen LogP contribution in [0.1, 0.15) is 11.3 Å². The summed E-state index contributed by atoms with van der Waals surface area (Å²) in [7, 11) is -2.28. The van der Waals surface area contributed by atoms with E-state index in [-0.39, 0.29) is 17.5 Å². The monoisotopic (exact) mass is 281 g/mol. The lowest BCUT2D eigenvalue weighted by molar-refractivity contribution is 0.236. The van der Waals surface area contributed by atoms with E-state index in [1.54, 1.807) is 12.1 Å². The second-order valence-corrected chi connectivity index (χ2v) is 6.09. The Bertz CT molecular complexity index is 658. The predicted octanol–water partition coefficient (Wildman–Crippen LogP) is 1.91. The van der Waals surface area contributed by atoms with Gasteiger partial charge in [0.25, 0.3) is 10.0 Å². The lowest BCUT2D eigenvalue weighted by atomic mass is 10.2. The van der Waals surface area contributed by atoms with E-state index >= 15 is 0 Å². The summed E-state index contributed by atoms with van der Waals surface area (Å²) in [5.41, 5.74) is 1.60. The Morgan fingerprint density at radius 2 is 1.79 bits per heavy atom. The molecule has 0 aliphatic carbocycles. The third kappa shape index (κ3) is 2.64. The second-order valence-electron chi connectivity index (χ2n) is 4.19. The first-order valence-corrected chi connectivity index (χ1v) is 7.14. The number of hydrogen-bond acceptors (Lipinski definition) is 4. The van der Waals surface area contributed by atoms with E-state index < -0.39 is 10.0 Å².